The first kappa shape index (κ1) is 14.6. The molecule has 0 spiro atoms. The summed E-state index contributed by atoms with van der Waals surface area (Å²) in [7, 11) is 0. The smallest absolute Gasteiger partial charge is 0.410 e. The van der Waals surface area contributed by atoms with Crippen molar-refractivity contribution in [1.29, 1.82) is 0 Å². The van der Waals surface area contributed by atoms with Gasteiger partial charge >= 0.3 is 6.09 Å². The predicted octanol–water partition coefficient (Wildman–Crippen LogP) is 4.52. The van der Waals surface area contributed by atoms with Crippen molar-refractivity contribution in [3.05, 3.63) is 12.2 Å². The lowest BCUT2D eigenvalue weighted by Crippen LogP contribution is -2.42. The largest absolute Gasteiger partial charge is 0.444 e. The second-order valence-corrected chi connectivity index (χ2v) is 8.19. The lowest BCUT2D eigenvalue weighted by molar-refractivity contribution is 0.0833. The van der Waals surface area contributed by atoms with Crippen LogP contribution >= 0.6 is 0 Å². The molecule has 1 saturated heterocycles. The molecule has 0 radical (unpaired) electrons. The molecular weight excluding hydrogens is 274 g/mol. The van der Waals surface area contributed by atoms with E-state index in [0.717, 1.165) is 25.4 Å². The van der Waals surface area contributed by atoms with E-state index in [-0.39, 0.29) is 12.2 Å². The van der Waals surface area contributed by atoms with Gasteiger partial charge in [-0.2, -0.15) is 0 Å². The third-order valence-electron chi connectivity index (χ3n) is 6.55. The van der Waals surface area contributed by atoms with Gasteiger partial charge in [-0.15, -0.1) is 0 Å². The van der Waals surface area contributed by atoms with E-state index in [9.17, 15) is 4.79 Å². The highest BCUT2D eigenvalue weighted by molar-refractivity contribution is 5.70. The first-order chi connectivity index (χ1) is 10.7. The molecule has 122 valence electrons. The van der Waals surface area contributed by atoms with Gasteiger partial charge < -0.3 is 9.64 Å². The molecule has 4 rings (SSSR count). The van der Waals surface area contributed by atoms with E-state index in [4.69, 9.17) is 4.74 Å². The fraction of sp³-hybridized carbons (Fsp3) is 0.842. The second kappa shape index (κ2) is 5.90. The van der Waals surface area contributed by atoms with Crippen molar-refractivity contribution < 1.29 is 9.53 Å². The van der Waals surface area contributed by atoms with Crippen molar-refractivity contribution in [3.8, 4) is 0 Å². The number of ether oxygens (including phenoxy) is 1. The topological polar surface area (TPSA) is 29.5 Å². The molecule has 3 nitrogen and oxygen atoms in total. The van der Waals surface area contributed by atoms with Crippen LogP contribution in [-0.2, 0) is 4.74 Å². The maximum atomic E-state index is 12.3. The minimum atomic E-state index is -0.0402. The number of carbonyl (C=O) groups excluding carboxylic acids is 1. The molecule has 3 fully saturated rings. The van der Waals surface area contributed by atoms with Crippen molar-refractivity contribution in [2.75, 3.05) is 13.1 Å². The van der Waals surface area contributed by atoms with E-state index in [1.807, 2.05) is 4.90 Å². The Morgan fingerprint density at radius 3 is 2.91 bits per heavy atom. The molecule has 0 aromatic heterocycles. The van der Waals surface area contributed by atoms with Crippen LogP contribution in [0.3, 0.4) is 0 Å². The monoisotopic (exact) mass is 303 g/mol. The van der Waals surface area contributed by atoms with Crippen molar-refractivity contribution in [2.24, 2.45) is 17.3 Å². The number of amides is 1. The van der Waals surface area contributed by atoms with Crippen LogP contribution in [0.15, 0.2) is 12.2 Å². The molecule has 2 saturated carbocycles. The van der Waals surface area contributed by atoms with E-state index >= 15 is 0 Å². The number of carbonyl (C=O) groups is 1. The fourth-order valence-electron chi connectivity index (χ4n) is 5.39. The number of allylic oxidation sites excluding steroid dienone is 2. The quantitative estimate of drug-likeness (QED) is 0.717. The Bertz CT molecular complexity index is 454. The van der Waals surface area contributed by atoms with Gasteiger partial charge in [-0.3, -0.25) is 0 Å². The number of fused-ring (bicyclic) bond motifs is 2. The number of rotatable bonds is 3. The third-order valence-corrected chi connectivity index (χ3v) is 6.55. The summed E-state index contributed by atoms with van der Waals surface area (Å²) in [5.41, 5.74) is 0.345. The van der Waals surface area contributed by atoms with Gasteiger partial charge in [-0.05, 0) is 55.8 Å². The molecule has 0 N–H and O–H groups in total. The molecule has 1 aliphatic heterocycles. The summed E-state index contributed by atoms with van der Waals surface area (Å²) in [6, 6.07) is 0. The minimum absolute atomic E-state index is 0.0402. The standard InChI is InChI=1S/C19H29NO2/c21-18-20(13-17(22-18)16-8-2-1-3-9-16)14-19-10-4-6-15(12-19)7-5-11-19/h4,6,15-17H,1-3,5,7-14H2/t15?,17-,19?/m1/s1. The first-order valence-electron chi connectivity index (χ1n) is 9.36. The van der Waals surface area contributed by atoms with Gasteiger partial charge in [-0.1, -0.05) is 37.8 Å². The number of hydrogen-bond acceptors (Lipinski definition) is 2. The van der Waals surface area contributed by atoms with E-state index in [0.29, 0.717) is 11.3 Å². The Labute approximate surface area is 134 Å². The van der Waals surface area contributed by atoms with Gasteiger partial charge in [-0.25, -0.2) is 4.79 Å². The summed E-state index contributed by atoms with van der Waals surface area (Å²) >= 11 is 0. The minimum Gasteiger partial charge on any atom is -0.444 e. The molecule has 3 aliphatic carbocycles. The summed E-state index contributed by atoms with van der Waals surface area (Å²) in [6.45, 7) is 1.77. The molecular formula is C19H29NO2. The summed E-state index contributed by atoms with van der Waals surface area (Å²) in [4.78, 5) is 14.4. The van der Waals surface area contributed by atoms with Crippen molar-refractivity contribution in [1.82, 2.24) is 4.90 Å². The zero-order chi connectivity index (χ0) is 15.0. The van der Waals surface area contributed by atoms with Crippen LogP contribution in [-0.4, -0.2) is 30.2 Å². The van der Waals surface area contributed by atoms with Crippen LogP contribution in [0.4, 0.5) is 4.79 Å². The Morgan fingerprint density at radius 1 is 1.18 bits per heavy atom. The molecule has 4 aliphatic rings. The fourth-order valence-corrected chi connectivity index (χ4v) is 5.39. The average Bonchev–Trinajstić information content (AvgIpc) is 2.89. The Balaban J connectivity index is 1.40. The molecule has 3 heteroatoms. The molecule has 22 heavy (non-hydrogen) atoms. The van der Waals surface area contributed by atoms with Gasteiger partial charge in [0.1, 0.15) is 6.10 Å². The predicted molar refractivity (Wildman–Crippen MR) is 86.6 cm³/mol. The van der Waals surface area contributed by atoms with Gasteiger partial charge in [0.05, 0.1) is 6.54 Å². The van der Waals surface area contributed by atoms with Gasteiger partial charge in [0.25, 0.3) is 0 Å². The number of nitrogens with zero attached hydrogens (tertiary/aromatic N) is 1. The molecule has 1 amide bonds. The summed E-state index contributed by atoms with van der Waals surface area (Å²) < 4.78 is 5.76. The van der Waals surface area contributed by atoms with E-state index in [1.165, 1.54) is 57.8 Å². The van der Waals surface area contributed by atoms with Crippen molar-refractivity contribution in [3.63, 3.8) is 0 Å². The third kappa shape index (κ3) is 2.79. The molecule has 2 unspecified atom stereocenters. The average molecular weight is 303 g/mol. The van der Waals surface area contributed by atoms with E-state index in [2.05, 4.69) is 12.2 Å². The second-order valence-electron chi connectivity index (χ2n) is 8.19. The molecule has 0 aromatic carbocycles. The summed E-state index contributed by atoms with van der Waals surface area (Å²) in [5.74, 6) is 1.38. The number of hydrogen-bond donors (Lipinski definition) is 0. The maximum absolute atomic E-state index is 12.3. The lowest BCUT2D eigenvalue weighted by atomic mass is 9.64. The number of cyclic esters (lactones) is 1. The van der Waals surface area contributed by atoms with Crippen LogP contribution in [0.1, 0.15) is 64.2 Å². The van der Waals surface area contributed by atoms with E-state index in [1.54, 1.807) is 0 Å². The van der Waals surface area contributed by atoms with Crippen LogP contribution in [0.5, 0.6) is 0 Å². The van der Waals surface area contributed by atoms with Crippen LogP contribution in [0.25, 0.3) is 0 Å². The van der Waals surface area contributed by atoms with Crippen LogP contribution in [0.2, 0.25) is 0 Å². The Kier molecular flexibility index (Phi) is 3.91. The van der Waals surface area contributed by atoms with Crippen LogP contribution < -0.4 is 0 Å². The maximum Gasteiger partial charge on any atom is 0.410 e. The first-order valence-corrected chi connectivity index (χ1v) is 9.36. The summed E-state index contributed by atoms with van der Waals surface area (Å²) in [5, 5.41) is 0. The molecule has 2 bridgehead atoms. The highest BCUT2D eigenvalue weighted by Crippen LogP contribution is 2.47. The highest BCUT2D eigenvalue weighted by Gasteiger charge is 2.43. The Hall–Kier alpha value is -0.990. The van der Waals surface area contributed by atoms with Crippen LogP contribution in [0, 0.1) is 17.3 Å². The molecule has 0 aromatic rings. The van der Waals surface area contributed by atoms with Crippen molar-refractivity contribution in [2.45, 2.75) is 70.3 Å². The molecule has 1 heterocycles. The SMILES string of the molecule is O=C1O[C@@H](C2CCCCC2)CN1CC12CC=CC(CCC1)C2. The van der Waals surface area contributed by atoms with Crippen molar-refractivity contribution >= 4 is 6.09 Å². The van der Waals surface area contributed by atoms with E-state index < -0.39 is 0 Å². The van der Waals surface area contributed by atoms with Gasteiger partial charge in [0.15, 0.2) is 0 Å². The zero-order valence-corrected chi connectivity index (χ0v) is 13.6. The van der Waals surface area contributed by atoms with Gasteiger partial charge in [0.2, 0.25) is 0 Å². The normalized spacial score (nSPS) is 39.1. The Morgan fingerprint density at radius 2 is 2.05 bits per heavy atom. The zero-order valence-electron chi connectivity index (χ0n) is 13.6. The van der Waals surface area contributed by atoms with Gasteiger partial charge in [0, 0.05) is 6.54 Å². The summed E-state index contributed by atoms with van der Waals surface area (Å²) in [6.07, 6.45) is 17.8. The highest BCUT2D eigenvalue weighted by atomic mass is 16.6. The lowest BCUT2D eigenvalue weighted by Gasteiger charge is -2.44. The molecule has 3 atom stereocenters.